The molecular weight excluding hydrogens is 276 g/mol. The molecule has 0 saturated carbocycles. The molecule has 0 aliphatic carbocycles. The molecule has 112 valence electrons. The molecule has 1 saturated heterocycles. The highest BCUT2D eigenvalue weighted by Gasteiger charge is 2.29. The van der Waals surface area contributed by atoms with Crippen molar-refractivity contribution in [2.45, 2.75) is 43.2 Å². The van der Waals surface area contributed by atoms with Crippen LogP contribution in [0.2, 0.25) is 0 Å². The molecule has 0 aromatic heterocycles. The monoisotopic (exact) mass is 298 g/mol. The quantitative estimate of drug-likeness (QED) is 0.822. The zero-order valence-electron chi connectivity index (χ0n) is 11.7. The molecule has 0 radical (unpaired) electrons. The molecule has 1 heterocycles. The van der Waals surface area contributed by atoms with Gasteiger partial charge in [0.2, 0.25) is 10.0 Å². The minimum atomic E-state index is -3.47. The highest BCUT2D eigenvalue weighted by molar-refractivity contribution is 7.89. The Balaban J connectivity index is 2.05. The van der Waals surface area contributed by atoms with E-state index in [0.717, 1.165) is 24.8 Å². The van der Waals surface area contributed by atoms with Crippen LogP contribution in [-0.4, -0.2) is 33.7 Å². The fourth-order valence-corrected chi connectivity index (χ4v) is 3.63. The highest BCUT2D eigenvalue weighted by Crippen LogP contribution is 2.17. The van der Waals surface area contributed by atoms with E-state index in [4.69, 9.17) is 10.5 Å². The fraction of sp³-hybridized carbons (Fsp3) is 0.571. The summed E-state index contributed by atoms with van der Waals surface area (Å²) in [5, 5.41) is 0. The van der Waals surface area contributed by atoms with E-state index in [-0.39, 0.29) is 12.1 Å². The maximum atomic E-state index is 12.3. The van der Waals surface area contributed by atoms with Gasteiger partial charge < -0.3 is 10.5 Å². The number of nitrogens with one attached hydrogen (secondary N) is 1. The Bertz CT molecular complexity index is 528. The minimum Gasteiger partial charge on any atom is -0.377 e. The Morgan fingerprint density at radius 3 is 2.60 bits per heavy atom. The number of hydrogen-bond donors (Lipinski definition) is 2. The average Bonchev–Trinajstić information content (AvgIpc) is 2.82. The number of nitrogens with two attached hydrogens (primary N) is 1. The van der Waals surface area contributed by atoms with Gasteiger partial charge in [0.15, 0.2) is 0 Å². The van der Waals surface area contributed by atoms with Crippen molar-refractivity contribution in [2.24, 2.45) is 5.73 Å². The predicted molar refractivity (Wildman–Crippen MR) is 78.0 cm³/mol. The van der Waals surface area contributed by atoms with Crippen molar-refractivity contribution in [3.05, 3.63) is 29.8 Å². The number of sulfonamides is 1. The largest absolute Gasteiger partial charge is 0.377 e. The Labute approximate surface area is 120 Å². The van der Waals surface area contributed by atoms with Gasteiger partial charge in [-0.25, -0.2) is 13.1 Å². The SMILES string of the molecule is CC1OCCC1NS(=O)(=O)c1ccc(CCCN)cc1. The molecule has 0 amide bonds. The molecule has 3 N–H and O–H groups in total. The third kappa shape index (κ3) is 3.79. The molecule has 2 unspecified atom stereocenters. The standard InChI is InChI=1S/C14H22N2O3S/c1-11-14(8-10-19-11)16-20(17,18)13-6-4-12(5-7-13)3-2-9-15/h4-7,11,14,16H,2-3,8-10,15H2,1H3. The van der Waals surface area contributed by atoms with Crippen molar-refractivity contribution in [1.29, 1.82) is 0 Å². The lowest BCUT2D eigenvalue weighted by atomic mass is 10.1. The van der Waals surface area contributed by atoms with Crippen LogP contribution in [0.3, 0.4) is 0 Å². The first-order valence-corrected chi connectivity index (χ1v) is 8.44. The summed E-state index contributed by atoms with van der Waals surface area (Å²) in [7, 11) is -3.47. The van der Waals surface area contributed by atoms with E-state index < -0.39 is 10.0 Å². The Kier molecular flexibility index (Phi) is 5.15. The van der Waals surface area contributed by atoms with E-state index >= 15 is 0 Å². The van der Waals surface area contributed by atoms with E-state index in [0.29, 0.717) is 18.0 Å². The number of rotatable bonds is 6. The van der Waals surface area contributed by atoms with Gasteiger partial charge in [-0.05, 0) is 50.4 Å². The second kappa shape index (κ2) is 6.67. The van der Waals surface area contributed by atoms with E-state index in [1.54, 1.807) is 12.1 Å². The molecule has 2 rings (SSSR count). The summed E-state index contributed by atoms with van der Waals surface area (Å²) in [5.41, 5.74) is 6.57. The first-order valence-electron chi connectivity index (χ1n) is 6.96. The zero-order valence-corrected chi connectivity index (χ0v) is 12.5. The highest BCUT2D eigenvalue weighted by atomic mass is 32.2. The summed E-state index contributed by atoms with van der Waals surface area (Å²) in [6.07, 6.45) is 2.42. The van der Waals surface area contributed by atoms with Gasteiger partial charge in [0.25, 0.3) is 0 Å². The van der Waals surface area contributed by atoms with Crippen LogP contribution in [0.4, 0.5) is 0 Å². The van der Waals surface area contributed by atoms with Crippen LogP contribution in [0.25, 0.3) is 0 Å². The Hall–Kier alpha value is -0.950. The minimum absolute atomic E-state index is 0.0754. The van der Waals surface area contributed by atoms with Gasteiger partial charge in [-0.2, -0.15) is 0 Å². The summed E-state index contributed by atoms with van der Waals surface area (Å²) < 4.78 is 32.6. The lowest BCUT2D eigenvalue weighted by Gasteiger charge is -2.16. The Morgan fingerprint density at radius 2 is 2.05 bits per heavy atom. The number of hydrogen-bond acceptors (Lipinski definition) is 4. The lowest BCUT2D eigenvalue weighted by Crippen LogP contribution is -2.39. The van der Waals surface area contributed by atoms with Crippen LogP contribution < -0.4 is 10.5 Å². The van der Waals surface area contributed by atoms with Crippen LogP contribution >= 0.6 is 0 Å². The van der Waals surface area contributed by atoms with Crippen molar-refractivity contribution >= 4 is 10.0 Å². The molecule has 1 aliphatic rings. The molecule has 1 aromatic rings. The molecule has 1 fully saturated rings. The maximum absolute atomic E-state index is 12.3. The van der Waals surface area contributed by atoms with Gasteiger partial charge in [-0.15, -0.1) is 0 Å². The predicted octanol–water partition coefficient (Wildman–Crippen LogP) is 1.03. The van der Waals surface area contributed by atoms with Crippen molar-refractivity contribution < 1.29 is 13.2 Å². The molecule has 0 bridgehead atoms. The van der Waals surface area contributed by atoms with Gasteiger partial charge in [0, 0.05) is 6.61 Å². The fourth-order valence-electron chi connectivity index (χ4n) is 2.30. The molecule has 1 aliphatic heterocycles. The second-order valence-electron chi connectivity index (χ2n) is 5.13. The topological polar surface area (TPSA) is 81.4 Å². The molecule has 2 atom stereocenters. The van der Waals surface area contributed by atoms with E-state index in [9.17, 15) is 8.42 Å². The van der Waals surface area contributed by atoms with Crippen molar-refractivity contribution in [2.75, 3.05) is 13.2 Å². The van der Waals surface area contributed by atoms with Gasteiger partial charge in [-0.3, -0.25) is 0 Å². The second-order valence-corrected chi connectivity index (χ2v) is 6.84. The van der Waals surface area contributed by atoms with Crippen LogP contribution in [0.15, 0.2) is 29.2 Å². The van der Waals surface area contributed by atoms with Crippen molar-refractivity contribution in [1.82, 2.24) is 4.72 Å². The zero-order chi connectivity index (χ0) is 14.6. The van der Waals surface area contributed by atoms with Crippen molar-refractivity contribution in [3.8, 4) is 0 Å². The third-order valence-corrected chi connectivity index (χ3v) is 5.09. The molecule has 1 aromatic carbocycles. The van der Waals surface area contributed by atoms with Crippen LogP contribution in [0.5, 0.6) is 0 Å². The van der Waals surface area contributed by atoms with Crippen LogP contribution in [-0.2, 0) is 21.2 Å². The van der Waals surface area contributed by atoms with E-state index in [1.807, 2.05) is 19.1 Å². The number of benzene rings is 1. The van der Waals surface area contributed by atoms with Crippen LogP contribution in [0, 0.1) is 0 Å². The Morgan fingerprint density at radius 1 is 1.35 bits per heavy atom. The van der Waals surface area contributed by atoms with Crippen molar-refractivity contribution in [3.63, 3.8) is 0 Å². The van der Waals surface area contributed by atoms with Gasteiger partial charge in [0.1, 0.15) is 0 Å². The maximum Gasteiger partial charge on any atom is 0.240 e. The molecule has 5 nitrogen and oxygen atoms in total. The first kappa shape index (κ1) is 15.4. The normalized spacial score (nSPS) is 23.1. The molecular formula is C14H22N2O3S. The number of ether oxygens (including phenoxy) is 1. The van der Waals surface area contributed by atoms with E-state index in [1.165, 1.54) is 0 Å². The lowest BCUT2D eigenvalue weighted by molar-refractivity contribution is 0.117. The average molecular weight is 298 g/mol. The summed E-state index contributed by atoms with van der Waals surface area (Å²) >= 11 is 0. The smallest absolute Gasteiger partial charge is 0.240 e. The molecule has 0 spiro atoms. The van der Waals surface area contributed by atoms with E-state index in [2.05, 4.69) is 4.72 Å². The van der Waals surface area contributed by atoms with Gasteiger partial charge >= 0.3 is 0 Å². The summed E-state index contributed by atoms with van der Waals surface area (Å²) in [5.74, 6) is 0. The van der Waals surface area contributed by atoms with Gasteiger partial charge in [-0.1, -0.05) is 12.1 Å². The number of aryl methyl sites for hydroxylation is 1. The summed E-state index contributed by atoms with van der Waals surface area (Å²) in [6, 6.07) is 6.85. The third-order valence-electron chi connectivity index (χ3n) is 3.59. The summed E-state index contributed by atoms with van der Waals surface area (Å²) in [6.45, 7) is 3.13. The summed E-state index contributed by atoms with van der Waals surface area (Å²) in [4.78, 5) is 0.299. The molecule has 20 heavy (non-hydrogen) atoms. The van der Waals surface area contributed by atoms with Crippen LogP contribution in [0.1, 0.15) is 25.3 Å². The molecule has 6 heteroatoms. The first-order chi connectivity index (χ1) is 9.53. The van der Waals surface area contributed by atoms with Gasteiger partial charge in [0.05, 0.1) is 17.0 Å².